The summed E-state index contributed by atoms with van der Waals surface area (Å²) in [4.78, 5) is 16.3. The zero-order valence-corrected chi connectivity index (χ0v) is 12.4. The second kappa shape index (κ2) is 5.77. The average Bonchev–Trinajstić information content (AvgIpc) is 2.44. The number of nitrogens with one attached hydrogen (secondary N) is 2. The molecule has 0 aromatic heterocycles. The van der Waals surface area contributed by atoms with Crippen LogP contribution in [0, 0.1) is 17.7 Å². The normalized spacial score (nSPS) is 15.8. The van der Waals surface area contributed by atoms with Crippen LogP contribution in [-0.2, 0) is 0 Å². The lowest BCUT2D eigenvalue weighted by molar-refractivity contribution is 0.100. The molecule has 6 N–H and O–H groups in total. The highest BCUT2D eigenvalue weighted by Gasteiger charge is 2.14. The summed E-state index contributed by atoms with van der Waals surface area (Å²) >= 11 is 0. The monoisotopic (exact) mass is 295 g/mol. The van der Waals surface area contributed by atoms with Crippen LogP contribution in [0.5, 0.6) is 0 Å². The Kier molecular flexibility index (Phi) is 4.03. The Morgan fingerprint density at radius 1 is 1.18 bits per heavy atom. The average molecular weight is 295 g/mol. The molecule has 2 rings (SSSR count). The molecular formula is C16H17N5O. The first-order valence-electron chi connectivity index (χ1n) is 6.62. The molecule has 0 saturated carbocycles. The van der Waals surface area contributed by atoms with Crippen LogP contribution in [0.1, 0.15) is 22.8 Å². The van der Waals surface area contributed by atoms with E-state index in [0.717, 1.165) is 0 Å². The van der Waals surface area contributed by atoms with Crippen LogP contribution >= 0.6 is 0 Å². The highest BCUT2D eigenvalue weighted by atomic mass is 16.1. The molecule has 0 atom stereocenters. The van der Waals surface area contributed by atoms with Crippen molar-refractivity contribution in [2.24, 2.45) is 4.99 Å². The first-order chi connectivity index (χ1) is 10.3. The van der Waals surface area contributed by atoms with E-state index in [0.29, 0.717) is 33.8 Å². The molecule has 1 aromatic rings. The van der Waals surface area contributed by atoms with E-state index in [1.165, 1.54) is 12.1 Å². The Labute approximate surface area is 128 Å². The Hall–Kier alpha value is -3.02. The fourth-order valence-corrected chi connectivity index (χ4v) is 2.07. The van der Waals surface area contributed by atoms with Gasteiger partial charge in [0.25, 0.3) is 5.91 Å². The summed E-state index contributed by atoms with van der Waals surface area (Å²) < 4.78 is 0. The van der Waals surface area contributed by atoms with Crippen LogP contribution in [0.3, 0.4) is 0 Å². The van der Waals surface area contributed by atoms with Crippen molar-refractivity contribution in [3.8, 4) is 0 Å². The predicted octanol–water partition coefficient (Wildman–Crippen LogP) is 2.30. The summed E-state index contributed by atoms with van der Waals surface area (Å²) in [6, 6.07) is 3.15. The molecule has 1 aliphatic rings. The van der Waals surface area contributed by atoms with Gasteiger partial charge in [-0.15, -0.1) is 0 Å². The van der Waals surface area contributed by atoms with Gasteiger partial charge in [0.2, 0.25) is 0 Å². The minimum absolute atomic E-state index is 0.229. The van der Waals surface area contributed by atoms with E-state index in [2.05, 4.69) is 4.99 Å². The maximum Gasteiger partial charge on any atom is 0.277 e. The van der Waals surface area contributed by atoms with Crippen molar-refractivity contribution in [3.63, 3.8) is 0 Å². The number of amides is 1. The number of nitrogen functional groups attached to an aromatic ring is 2. The smallest absolute Gasteiger partial charge is 0.277 e. The quantitative estimate of drug-likeness (QED) is 0.379. The number of carbonyl (C=O) groups excluding carboxylic acids is 1. The number of aryl methyl sites for hydroxylation is 1. The lowest BCUT2D eigenvalue weighted by Gasteiger charge is -2.10. The zero-order chi connectivity index (χ0) is 16.4. The summed E-state index contributed by atoms with van der Waals surface area (Å²) in [5.74, 6) is -0.435. The molecular weight excluding hydrogens is 278 g/mol. The molecule has 22 heavy (non-hydrogen) atoms. The summed E-state index contributed by atoms with van der Waals surface area (Å²) in [5.41, 5.74) is 14.6. The number of nitrogens with zero attached hydrogens (tertiary/aromatic N) is 1. The van der Waals surface area contributed by atoms with E-state index < -0.39 is 5.91 Å². The van der Waals surface area contributed by atoms with Crippen LogP contribution in [0.2, 0.25) is 0 Å². The SMILES string of the molecule is CC(=N)C1=CC(=NC(=O)c2cc(N)c(N)cc2C)C=CC1=N. The molecule has 0 saturated heterocycles. The topological polar surface area (TPSA) is 129 Å². The third kappa shape index (κ3) is 3.01. The van der Waals surface area contributed by atoms with E-state index >= 15 is 0 Å². The molecule has 0 bridgehead atoms. The number of aliphatic imine (C=N–C) groups is 1. The van der Waals surface area contributed by atoms with Gasteiger partial charge in [-0.2, -0.15) is 0 Å². The third-order valence-electron chi connectivity index (χ3n) is 3.30. The van der Waals surface area contributed by atoms with Gasteiger partial charge in [0.05, 0.1) is 22.8 Å². The summed E-state index contributed by atoms with van der Waals surface area (Å²) in [7, 11) is 0. The summed E-state index contributed by atoms with van der Waals surface area (Å²) in [6.45, 7) is 3.35. The minimum atomic E-state index is -0.435. The maximum absolute atomic E-state index is 12.3. The lowest BCUT2D eigenvalue weighted by Crippen LogP contribution is -2.14. The van der Waals surface area contributed by atoms with Crippen molar-refractivity contribution in [3.05, 3.63) is 47.1 Å². The molecule has 0 spiro atoms. The molecule has 0 aliphatic heterocycles. The van der Waals surface area contributed by atoms with Crippen molar-refractivity contribution in [1.82, 2.24) is 0 Å². The molecule has 112 valence electrons. The number of rotatable bonds is 2. The molecule has 0 fully saturated rings. The molecule has 0 unspecified atom stereocenters. The highest BCUT2D eigenvalue weighted by Crippen LogP contribution is 2.21. The molecule has 1 aromatic carbocycles. The van der Waals surface area contributed by atoms with Crippen molar-refractivity contribution >= 4 is 34.4 Å². The molecule has 6 nitrogen and oxygen atoms in total. The molecule has 1 amide bonds. The second-order valence-corrected chi connectivity index (χ2v) is 5.07. The zero-order valence-electron chi connectivity index (χ0n) is 12.4. The maximum atomic E-state index is 12.3. The number of nitrogens with two attached hydrogens (primary N) is 2. The molecule has 1 aliphatic carbocycles. The van der Waals surface area contributed by atoms with Gasteiger partial charge in [-0.3, -0.25) is 4.79 Å². The van der Waals surface area contributed by atoms with Gasteiger partial charge in [-0.25, -0.2) is 4.99 Å². The molecule has 0 radical (unpaired) electrons. The predicted molar refractivity (Wildman–Crippen MR) is 90.1 cm³/mol. The van der Waals surface area contributed by atoms with Crippen molar-refractivity contribution < 1.29 is 4.79 Å². The van der Waals surface area contributed by atoms with Gasteiger partial charge in [-0.1, -0.05) is 0 Å². The van der Waals surface area contributed by atoms with Gasteiger partial charge < -0.3 is 22.3 Å². The Morgan fingerprint density at radius 3 is 2.45 bits per heavy atom. The number of hydrogen-bond acceptors (Lipinski definition) is 5. The number of anilines is 2. The van der Waals surface area contributed by atoms with Crippen molar-refractivity contribution in [2.75, 3.05) is 11.5 Å². The van der Waals surface area contributed by atoms with Crippen LogP contribution in [0.15, 0.2) is 40.9 Å². The highest BCUT2D eigenvalue weighted by molar-refractivity contribution is 6.33. The molecule has 6 heteroatoms. The van der Waals surface area contributed by atoms with Gasteiger partial charge in [0.1, 0.15) is 0 Å². The van der Waals surface area contributed by atoms with E-state index in [1.807, 2.05) is 0 Å². The number of benzene rings is 1. The van der Waals surface area contributed by atoms with E-state index in [9.17, 15) is 4.79 Å². The first-order valence-corrected chi connectivity index (χ1v) is 6.62. The van der Waals surface area contributed by atoms with Gasteiger partial charge in [0.15, 0.2) is 0 Å². The third-order valence-corrected chi connectivity index (χ3v) is 3.30. The Morgan fingerprint density at radius 2 is 1.82 bits per heavy atom. The van der Waals surface area contributed by atoms with Gasteiger partial charge in [0, 0.05) is 16.8 Å². The number of hydrogen-bond donors (Lipinski definition) is 4. The van der Waals surface area contributed by atoms with Crippen molar-refractivity contribution in [2.45, 2.75) is 13.8 Å². The number of carbonyl (C=O) groups is 1. The fraction of sp³-hybridized carbons (Fsp3) is 0.125. The van der Waals surface area contributed by atoms with Crippen LogP contribution in [0.4, 0.5) is 11.4 Å². The standard InChI is InChI=1S/C16H17N5O/c1-8-5-14(19)15(20)7-11(8)16(22)21-10-3-4-13(18)12(6-10)9(2)17/h3-7,17-18H,19-20H2,1-2H3. The first kappa shape index (κ1) is 15.4. The van der Waals surface area contributed by atoms with Gasteiger partial charge >= 0.3 is 0 Å². The van der Waals surface area contributed by atoms with E-state index in [1.54, 1.807) is 32.1 Å². The van der Waals surface area contributed by atoms with Crippen molar-refractivity contribution in [1.29, 1.82) is 10.8 Å². The van der Waals surface area contributed by atoms with E-state index in [-0.39, 0.29) is 11.4 Å². The van der Waals surface area contributed by atoms with E-state index in [4.69, 9.17) is 22.3 Å². The van der Waals surface area contributed by atoms with Crippen LogP contribution < -0.4 is 11.5 Å². The summed E-state index contributed by atoms with van der Waals surface area (Å²) in [5, 5.41) is 15.4. The van der Waals surface area contributed by atoms with Gasteiger partial charge in [-0.05, 0) is 49.8 Å². The second-order valence-electron chi connectivity index (χ2n) is 5.07. The van der Waals surface area contributed by atoms with Crippen LogP contribution in [0.25, 0.3) is 0 Å². The van der Waals surface area contributed by atoms with Crippen LogP contribution in [-0.4, -0.2) is 23.0 Å². The lowest BCUT2D eigenvalue weighted by atomic mass is 9.99. The minimum Gasteiger partial charge on any atom is -0.397 e. The fourth-order valence-electron chi connectivity index (χ4n) is 2.07. The largest absolute Gasteiger partial charge is 0.397 e. The Balaban J connectivity index is 2.40. The molecule has 0 heterocycles. The summed E-state index contributed by atoms with van der Waals surface area (Å²) in [6.07, 6.45) is 4.64. The Bertz CT molecular complexity index is 784. The number of allylic oxidation sites excluding steroid dienone is 4.